The molecule has 0 fully saturated rings. The largest absolute Gasteiger partial charge is 0.495 e. The second kappa shape index (κ2) is 14.2. The molecule has 0 aromatic carbocycles. The molecule has 158 valence electrons. The van der Waals surface area contributed by atoms with E-state index < -0.39 is 11.9 Å². The molecule has 1 aliphatic rings. The van der Waals surface area contributed by atoms with Crippen molar-refractivity contribution in [1.82, 2.24) is 0 Å². The molecule has 0 heterocycles. The number of ether oxygens (including phenoxy) is 2. The fourth-order valence-electron chi connectivity index (χ4n) is 3.77. The van der Waals surface area contributed by atoms with Gasteiger partial charge in [-0.25, -0.2) is 0 Å². The van der Waals surface area contributed by atoms with Crippen molar-refractivity contribution in [2.24, 2.45) is 0 Å². The zero-order valence-corrected chi connectivity index (χ0v) is 17.8. The van der Waals surface area contributed by atoms with E-state index in [2.05, 4.69) is 6.92 Å². The maximum atomic E-state index is 10.5. The average molecular weight is 383 g/mol. The average Bonchev–Trinajstić information content (AvgIpc) is 2.68. The summed E-state index contributed by atoms with van der Waals surface area (Å²) in [5.74, 6) is -1.53. The molecule has 1 aliphatic carbocycles. The molecule has 2 N–H and O–H groups in total. The predicted molar refractivity (Wildman–Crippen MR) is 111 cm³/mol. The SMILES string of the molecule is CCCCCCCCCCCCCCCC1=CC=C(OC)C(O)(OC)C1O. The van der Waals surface area contributed by atoms with Crippen LogP contribution in [0.5, 0.6) is 0 Å². The minimum atomic E-state index is -1.77. The van der Waals surface area contributed by atoms with E-state index in [0.29, 0.717) is 0 Å². The zero-order chi connectivity index (χ0) is 20.0. The smallest absolute Gasteiger partial charge is 0.255 e. The van der Waals surface area contributed by atoms with Gasteiger partial charge in [0, 0.05) is 7.11 Å². The Hall–Kier alpha value is -0.840. The Balaban J connectivity index is 2.07. The number of aliphatic hydroxyl groups excluding tert-OH is 1. The van der Waals surface area contributed by atoms with E-state index in [1.165, 1.54) is 84.8 Å². The zero-order valence-electron chi connectivity index (χ0n) is 17.8. The molecule has 0 radical (unpaired) electrons. The van der Waals surface area contributed by atoms with Crippen LogP contribution in [0.25, 0.3) is 0 Å². The van der Waals surface area contributed by atoms with Crippen LogP contribution in [-0.4, -0.2) is 36.3 Å². The number of allylic oxidation sites excluding steroid dienone is 2. The van der Waals surface area contributed by atoms with Gasteiger partial charge in [0.15, 0.2) is 5.76 Å². The lowest BCUT2D eigenvalue weighted by molar-refractivity contribution is -0.227. The summed E-state index contributed by atoms with van der Waals surface area (Å²) >= 11 is 0. The van der Waals surface area contributed by atoms with E-state index in [0.717, 1.165) is 24.8 Å². The van der Waals surface area contributed by atoms with Crippen molar-refractivity contribution in [3.05, 3.63) is 23.5 Å². The summed E-state index contributed by atoms with van der Waals surface area (Å²) < 4.78 is 10.2. The number of hydrogen-bond donors (Lipinski definition) is 2. The normalized spacial score (nSPS) is 22.5. The first-order valence-electron chi connectivity index (χ1n) is 11.0. The van der Waals surface area contributed by atoms with Crippen molar-refractivity contribution >= 4 is 0 Å². The first-order valence-corrected chi connectivity index (χ1v) is 11.0. The number of methoxy groups -OCH3 is 2. The Labute approximate surface area is 166 Å². The maximum Gasteiger partial charge on any atom is 0.255 e. The lowest BCUT2D eigenvalue weighted by Crippen LogP contribution is -2.48. The summed E-state index contributed by atoms with van der Waals surface area (Å²) in [6.07, 6.45) is 20.4. The minimum Gasteiger partial charge on any atom is -0.495 e. The third-order valence-corrected chi connectivity index (χ3v) is 5.62. The molecular formula is C23H42O4. The highest BCUT2D eigenvalue weighted by Gasteiger charge is 2.44. The van der Waals surface area contributed by atoms with Gasteiger partial charge in [-0.05, 0) is 24.5 Å². The first kappa shape index (κ1) is 24.2. The van der Waals surface area contributed by atoms with Crippen LogP contribution in [-0.2, 0) is 9.47 Å². The van der Waals surface area contributed by atoms with E-state index in [-0.39, 0.29) is 5.76 Å². The summed E-state index contributed by atoms with van der Waals surface area (Å²) in [6.45, 7) is 2.27. The van der Waals surface area contributed by atoms with Crippen molar-refractivity contribution in [2.75, 3.05) is 14.2 Å². The van der Waals surface area contributed by atoms with Crippen LogP contribution >= 0.6 is 0 Å². The maximum absolute atomic E-state index is 10.5. The first-order chi connectivity index (χ1) is 13.1. The molecule has 0 aromatic rings. The highest BCUT2D eigenvalue weighted by atomic mass is 16.7. The summed E-state index contributed by atoms with van der Waals surface area (Å²) in [4.78, 5) is 0. The van der Waals surface area contributed by atoms with Crippen LogP contribution in [0.2, 0.25) is 0 Å². The molecule has 0 bridgehead atoms. The van der Waals surface area contributed by atoms with Gasteiger partial charge < -0.3 is 19.7 Å². The molecule has 0 amide bonds. The van der Waals surface area contributed by atoms with Crippen molar-refractivity contribution in [3.63, 3.8) is 0 Å². The third kappa shape index (κ3) is 8.37. The highest BCUT2D eigenvalue weighted by molar-refractivity contribution is 5.31. The summed E-state index contributed by atoms with van der Waals surface area (Å²) in [5, 5.41) is 20.9. The summed E-state index contributed by atoms with van der Waals surface area (Å²) in [6, 6.07) is 0. The van der Waals surface area contributed by atoms with Crippen LogP contribution in [0.15, 0.2) is 23.5 Å². The summed E-state index contributed by atoms with van der Waals surface area (Å²) in [7, 11) is 2.85. The fraction of sp³-hybridized carbons (Fsp3) is 0.826. The molecule has 0 aromatic heterocycles. The monoisotopic (exact) mass is 382 g/mol. The minimum absolute atomic E-state index is 0.242. The summed E-state index contributed by atoms with van der Waals surface area (Å²) in [5.41, 5.74) is 0.809. The molecule has 4 nitrogen and oxygen atoms in total. The van der Waals surface area contributed by atoms with Crippen LogP contribution in [0.1, 0.15) is 96.8 Å². The van der Waals surface area contributed by atoms with Gasteiger partial charge in [-0.1, -0.05) is 90.0 Å². The topological polar surface area (TPSA) is 58.9 Å². The van der Waals surface area contributed by atoms with Gasteiger partial charge in [0.25, 0.3) is 5.79 Å². The van der Waals surface area contributed by atoms with Crippen LogP contribution in [0.4, 0.5) is 0 Å². The number of hydrogen-bond acceptors (Lipinski definition) is 4. The molecule has 0 aliphatic heterocycles. The molecule has 2 atom stereocenters. The van der Waals surface area contributed by atoms with Gasteiger partial charge in [-0.2, -0.15) is 0 Å². The molecule has 0 saturated carbocycles. The van der Waals surface area contributed by atoms with Crippen molar-refractivity contribution in [1.29, 1.82) is 0 Å². The van der Waals surface area contributed by atoms with Gasteiger partial charge in [0.05, 0.1) is 7.11 Å². The van der Waals surface area contributed by atoms with Crippen LogP contribution in [0, 0.1) is 0 Å². The lowest BCUT2D eigenvalue weighted by atomic mass is 9.90. The van der Waals surface area contributed by atoms with E-state index in [1.54, 1.807) is 6.08 Å². The second-order valence-electron chi connectivity index (χ2n) is 7.77. The quantitative estimate of drug-likeness (QED) is 0.268. The van der Waals surface area contributed by atoms with Gasteiger partial charge >= 0.3 is 0 Å². The molecule has 4 heteroatoms. The number of unbranched alkanes of at least 4 members (excludes halogenated alkanes) is 12. The molecule has 1 rings (SSSR count). The van der Waals surface area contributed by atoms with Gasteiger partial charge in [-0.15, -0.1) is 0 Å². The van der Waals surface area contributed by atoms with E-state index >= 15 is 0 Å². The Morgan fingerprint density at radius 2 is 1.30 bits per heavy atom. The second-order valence-corrected chi connectivity index (χ2v) is 7.77. The van der Waals surface area contributed by atoms with Gasteiger partial charge in [0.2, 0.25) is 0 Å². The van der Waals surface area contributed by atoms with E-state index in [9.17, 15) is 10.2 Å². The van der Waals surface area contributed by atoms with E-state index in [1.807, 2.05) is 6.08 Å². The molecule has 2 unspecified atom stereocenters. The Bertz CT molecular complexity index is 444. The molecule has 0 saturated heterocycles. The predicted octanol–water partition coefficient (Wildman–Crippen LogP) is 5.63. The Morgan fingerprint density at radius 3 is 1.74 bits per heavy atom. The highest BCUT2D eigenvalue weighted by Crippen LogP contribution is 2.33. The Kier molecular flexibility index (Phi) is 12.7. The van der Waals surface area contributed by atoms with Gasteiger partial charge in [0.1, 0.15) is 6.10 Å². The molecule has 27 heavy (non-hydrogen) atoms. The Morgan fingerprint density at radius 1 is 0.815 bits per heavy atom. The standard InChI is InChI=1S/C23H42O4/c1-4-5-6-7-8-9-10-11-12-13-14-15-16-17-20-18-19-21(26-2)23(25,27-3)22(20)24/h18-19,22,24-25H,4-17H2,1-3H3. The third-order valence-electron chi connectivity index (χ3n) is 5.62. The van der Waals surface area contributed by atoms with Gasteiger partial charge in [-0.3, -0.25) is 0 Å². The molecular weight excluding hydrogens is 340 g/mol. The van der Waals surface area contributed by atoms with Crippen molar-refractivity contribution < 1.29 is 19.7 Å². The number of aliphatic hydroxyl groups is 2. The fourth-order valence-corrected chi connectivity index (χ4v) is 3.77. The van der Waals surface area contributed by atoms with Crippen molar-refractivity contribution in [3.8, 4) is 0 Å². The molecule has 0 spiro atoms. The lowest BCUT2D eigenvalue weighted by Gasteiger charge is -2.36. The van der Waals surface area contributed by atoms with E-state index in [4.69, 9.17) is 9.47 Å². The number of rotatable bonds is 16. The van der Waals surface area contributed by atoms with Crippen molar-refractivity contribution in [2.45, 2.75) is 109 Å². The van der Waals surface area contributed by atoms with Crippen LogP contribution in [0.3, 0.4) is 0 Å². The van der Waals surface area contributed by atoms with Crippen LogP contribution < -0.4 is 0 Å².